The first-order valence-electron chi connectivity index (χ1n) is 11.4. The molecule has 2 aliphatic heterocycles. The molecule has 0 aliphatic carbocycles. The molecule has 1 aromatic carbocycles. The zero-order valence-corrected chi connectivity index (χ0v) is 21.5. The number of carbonyl (C=O) groups is 1. The molecule has 0 bridgehead atoms. The second-order valence-electron chi connectivity index (χ2n) is 8.47. The largest absolute Gasteiger partial charge is 0.366 e. The van der Waals surface area contributed by atoms with Gasteiger partial charge in [0.05, 0.1) is 10.6 Å². The molecule has 4 rings (SSSR count). The van der Waals surface area contributed by atoms with Crippen LogP contribution in [0.4, 0.5) is 15.9 Å². The first-order chi connectivity index (χ1) is 16.8. The number of halogens is 1. The number of rotatable bonds is 5. The van der Waals surface area contributed by atoms with Crippen molar-refractivity contribution in [3.05, 3.63) is 62.0 Å². The van der Waals surface area contributed by atoms with Crippen molar-refractivity contribution < 1.29 is 9.18 Å². The maximum Gasteiger partial charge on any atom is 0.270 e. The molecule has 3 heterocycles. The van der Waals surface area contributed by atoms with Gasteiger partial charge in [0, 0.05) is 45.3 Å². The van der Waals surface area contributed by atoms with Crippen molar-refractivity contribution in [1.82, 2.24) is 9.47 Å². The Morgan fingerprint density at radius 1 is 1.17 bits per heavy atom. The van der Waals surface area contributed by atoms with Crippen molar-refractivity contribution in [2.75, 3.05) is 42.5 Å². The van der Waals surface area contributed by atoms with Crippen LogP contribution in [0.3, 0.4) is 0 Å². The number of nitrogens with zero attached hydrogens (tertiary/aromatic N) is 5. The maximum absolute atomic E-state index is 14.3. The maximum atomic E-state index is 14.3. The second kappa shape index (κ2) is 10.2. The van der Waals surface area contributed by atoms with Gasteiger partial charge < -0.3 is 9.80 Å². The number of thioether (sulfide) groups is 1. The van der Waals surface area contributed by atoms with Crippen LogP contribution in [0.25, 0.3) is 6.08 Å². The van der Waals surface area contributed by atoms with Crippen LogP contribution in [0.15, 0.2) is 34.0 Å². The molecule has 182 valence electrons. The molecule has 2 fully saturated rings. The number of para-hydroxylation sites is 1. The number of amides is 1. The van der Waals surface area contributed by atoms with Gasteiger partial charge in [0.15, 0.2) is 0 Å². The molecule has 0 radical (unpaired) electrons. The number of anilines is 2. The Balaban J connectivity index is 1.74. The van der Waals surface area contributed by atoms with Gasteiger partial charge in [0.1, 0.15) is 27.6 Å². The van der Waals surface area contributed by atoms with E-state index in [2.05, 4.69) is 4.90 Å². The summed E-state index contributed by atoms with van der Waals surface area (Å²) >= 11 is 6.64. The van der Waals surface area contributed by atoms with Crippen LogP contribution in [0.1, 0.15) is 30.0 Å². The summed E-state index contributed by atoms with van der Waals surface area (Å²) in [6.07, 6.45) is 2.54. The summed E-state index contributed by atoms with van der Waals surface area (Å²) in [6.45, 7) is 6.48. The van der Waals surface area contributed by atoms with Gasteiger partial charge in [-0.1, -0.05) is 43.0 Å². The molecule has 0 atom stereocenters. The molecule has 10 heteroatoms. The third kappa shape index (κ3) is 4.58. The smallest absolute Gasteiger partial charge is 0.270 e. The van der Waals surface area contributed by atoms with Gasteiger partial charge in [-0.2, -0.15) is 5.26 Å². The third-order valence-corrected chi connectivity index (χ3v) is 7.71. The van der Waals surface area contributed by atoms with E-state index in [4.69, 9.17) is 12.2 Å². The van der Waals surface area contributed by atoms with Crippen LogP contribution in [-0.2, 0) is 11.8 Å². The standard InChI is InChI=1S/C25H26FN5O2S2/c1-4-9-31-24(33)21(35-25(31)34)14-17-16(2)18(15-27)23(32)28(3)22(17)30-12-10-29(11-13-30)20-8-6-5-7-19(20)26/h5-8,14H,4,9-13H2,1-3H3/b21-14-. The van der Waals surface area contributed by atoms with Crippen molar-refractivity contribution in [2.24, 2.45) is 7.05 Å². The highest BCUT2D eigenvalue weighted by atomic mass is 32.2. The Hall–Kier alpha value is -3.16. The number of thiocarbonyl (C=S) groups is 1. The monoisotopic (exact) mass is 511 g/mol. The molecule has 2 aromatic rings. The van der Waals surface area contributed by atoms with Crippen molar-refractivity contribution in [2.45, 2.75) is 20.3 Å². The summed E-state index contributed by atoms with van der Waals surface area (Å²) < 4.78 is 16.3. The molecule has 2 saturated heterocycles. The van der Waals surface area contributed by atoms with Crippen molar-refractivity contribution in [1.29, 1.82) is 5.26 Å². The van der Waals surface area contributed by atoms with E-state index < -0.39 is 0 Å². The highest BCUT2D eigenvalue weighted by molar-refractivity contribution is 8.26. The van der Waals surface area contributed by atoms with Crippen LogP contribution < -0.4 is 15.4 Å². The summed E-state index contributed by atoms with van der Waals surface area (Å²) in [4.78, 5) is 32.1. The Bertz CT molecular complexity index is 1320. The van der Waals surface area contributed by atoms with Gasteiger partial charge in [-0.3, -0.25) is 19.1 Å². The second-order valence-corrected chi connectivity index (χ2v) is 10.1. The van der Waals surface area contributed by atoms with E-state index in [9.17, 15) is 19.2 Å². The van der Waals surface area contributed by atoms with E-state index in [0.717, 1.165) is 6.42 Å². The number of hydrogen-bond donors (Lipinski definition) is 0. The Kier molecular flexibility index (Phi) is 7.28. The number of carbonyl (C=O) groups excluding carboxylic acids is 1. The van der Waals surface area contributed by atoms with Crippen LogP contribution in [-0.4, -0.2) is 52.4 Å². The van der Waals surface area contributed by atoms with Gasteiger partial charge in [0.2, 0.25) is 0 Å². The van der Waals surface area contributed by atoms with Crippen LogP contribution in [0.2, 0.25) is 0 Å². The summed E-state index contributed by atoms with van der Waals surface area (Å²) in [5.74, 6) is 0.210. The lowest BCUT2D eigenvalue weighted by Gasteiger charge is -2.38. The van der Waals surface area contributed by atoms with Crippen LogP contribution in [0, 0.1) is 24.1 Å². The minimum atomic E-state index is -0.382. The Morgan fingerprint density at radius 2 is 1.83 bits per heavy atom. The number of aromatic nitrogens is 1. The fourth-order valence-electron chi connectivity index (χ4n) is 4.51. The molecule has 1 amide bonds. The predicted molar refractivity (Wildman–Crippen MR) is 142 cm³/mol. The highest BCUT2D eigenvalue weighted by Gasteiger charge is 2.33. The zero-order chi connectivity index (χ0) is 25.3. The van der Waals surface area contributed by atoms with Crippen molar-refractivity contribution >= 4 is 51.8 Å². The van der Waals surface area contributed by atoms with Gasteiger partial charge in [-0.15, -0.1) is 0 Å². The van der Waals surface area contributed by atoms with E-state index in [0.29, 0.717) is 64.6 Å². The van der Waals surface area contributed by atoms with E-state index in [-0.39, 0.29) is 22.8 Å². The summed E-state index contributed by atoms with van der Waals surface area (Å²) in [7, 11) is 1.64. The minimum Gasteiger partial charge on any atom is -0.366 e. The molecule has 0 N–H and O–H groups in total. The van der Waals surface area contributed by atoms with Crippen molar-refractivity contribution in [3.8, 4) is 6.07 Å². The van der Waals surface area contributed by atoms with Crippen LogP contribution >= 0.6 is 24.0 Å². The summed E-state index contributed by atoms with van der Waals surface area (Å²) in [5, 5.41) is 9.66. The number of benzene rings is 1. The lowest BCUT2D eigenvalue weighted by molar-refractivity contribution is -0.122. The van der Waals surface area contributed by atoms with Crippen LogP contribution in [0.5, 0.6) is 0 Å². The molecule has 2 aliphatic rings. The number of nitriles is 1. The molecule has 1 aromatic heterocycles. The average molecular weight is 512 g/mol. The third-order valence-electron chi connectivity index (χ3n) is 6.34. The Morgan fingerprint density at radius 3 is 2.46 bits per heavy atom. The SMILES string of the molecule is CCCN1C(=O)/C(=C/c2c(C)c(C#N)c(=O)n(C)c2N2CCN(c3ccccc3F)CC2)SC1=S. The van der Waals surface area contributed by atoms with Gasteiger partial charge in [-0.05, 0) is 37.1 Å². The highest BCUT2D eigenvalue weighted by Crippen LogP contribution is 2.36. The normalized spacial score (nSPS) is 17.5. The molecule has 0 spiro atoms. The predicted octanol–water partition coefficient (Wildman–Crippen LogP) is 3.64. The van der Waals surface area contributed by atoms with E-state index in [1.807, 2.05) is 24.0 Å². The fourth-order valence-corrected chi connectivity index (χ4v) is 5.80. The first-order valence-corrected chi connectivity index (χ1v) is 12.6. The molecule has 0 saturated carbocycles. The van der Waals surface area contributed by atoms with Gasteiger partial charge in [0.25, 0.3) is 11.5 Å². The zero-order valence-electron chi connectivity index (χ0n) is 19.9. The number of pyridine rings is 1. The number of piperazine rings is 1. The van der Waals surface area contributed by atoms with E-state index in [1.165, 1.54) is 22.4 Å². The molecule has 7 nitrogen and oxygen atoms in total. The van der Waals surface area contributed by atoms with Gasteiger partial charge in [-0.25, -0.2) is 4.39 Å². The van der Waals surface area contributed by atoms with E-state index in [1.54, 1.807) is 37.1 Å². The summed E-state index contributed by atoms with van der Waals surface area (Å²) in [6, 6.07) is 8.71. The lowest BCUT2D eigenvalue weighted by atomic mass is 10.0. The Labute approximate surface area is 213 Å². The minimum absolute atomic E-state index is 0.0523. The van der Waals surface area contributed by atoms with Crippen molar-refractivity contribution in [3.63, 3.8) is 0 Å². The molecule has 0 unspecified atom stereocenters. The fraction of sp³-hybridized carbons (Fsp3) is 0.360. The molecular weight excluding hydrogens is 485 g/mol. The van der Waals surface area contributed by atoms with Gasteiger partial charge >= 0.3 is 0 Å². The summed E-state index contributed by atoms with van der Waals surface area (Å²) in [5.41, 5.74) is 1.41. The quantitative estimate of drug-likeness (QED) is 0.448. The molecular formula is C25H26FN5O2S2. The number of hydrogen-bond acceptors (Lipinski definition) is 7. The lowest BCUT2D eigenvalue weighted by Crippen LogP contribution is -2.48. The molecule has 35 heavy (non-hydrogen) atoms. The van der Waals surface area contributed by atoms with E-state index >= 15 is 0 Å². The topological polar surface area (TPSA) is 72.6 Å². The first kappa shape index (κ1) is 24.9. The average Bonchev–Trinajstić information content (AvgIpc) is 3.11.